The molecule has 0 bridgehead atoms. The first kappa shape index (κ1) is 16.6. The molecular weight excluding hydrogens is 272 g/mol. The Labute approximate surface area is 125 Å². The predicted molar refractivity (Wildman–Crippen MR) is 77.4 cm³/mol. The number of ketones is 1. The number of hydrogen-bond donors (Lipinski definition) is 4. The van der Waals surface area contributed by atoms with E-state index < -0.39 is 28.6 Å². The van der Waals surface area contributed by atoms with E-state index >= 15 is 0 Å². The van der Waals surface area contributed by atoms with Crippen LogP contribution in [0.15, 0.2) is 12.2 Å². The van der Waals surface area contributed by atoms with Crippen molar-refractivity contribution in [3.8, 4) is 0 Å². The number of allylic oxidation sites excluding steroid dienone is 1. The lowest BCUT2D eigenvalue weighted by molar-refractivity contribution is -0.177. The zero-order chi connectivity index (χ0) is 16.1. The number of rotatable bonds is 3. The summed E-state index contributed by atoms with van der Waals surface area (Å²) in [5.41, 5.74) is -3.54. The van der Waals surface area contributed by atoms with Crippen molar-refractivity contribution in [3.63, 3.8) is 0 Å². The van der Waals surface area contributed by atoms with E-state index in [2.05, 4.69) is 0 Å². The average Bonchev–Trinajstić information content (AvgIpc) is 2.32. The maximum absolute atomic E-state index is 12.6. The molecule has 0 unspecified atom stereocenters. The molecule has 0 heterocycles. The molecule has 0 aromatic rings. The lowest BCUT2D eigenvalue weighted by Crippen LogP contribution is -2.63. The van der Waals surface area contributed by atoms with E-state index in [0.717, 1.165) is 0 Å². The summed E-state index contributed by atoms with van der Waals surface area (Å²) in [5, 5.41) is 40.5. The largest absolute Gasteiger partial charge is 0.396 e. The highest BCUT2D eigenvalue weighted by Gasteiger charge is 2.60. The van der Waals surface area contributed by atoms with Crippen LogP contribution in [0.1, 0.15) is 40.0 Å². The molecule has 5 nitrogen and oxygen atoms in total. The fourth-order valence-corrected chi connectivity index (χ4v) is 4.23. The first-order chi connectivity index (χ1) is 9.55. The molecule has 1 fully saturated rings. The van der Waals surface area contributed by atoms with Crippen LogP contribution in [0.5, 0.6) is 0 Å². The molecule has 0 aliphatic heterocycles. The fraction of sp³-hybridized carbons (Fsp3) is 0.812. The molecular formula is C16H26O5. The minimum absolute atomic E-state index is 0.0488. The van der Waals surface area contributed by atoms with E-state index in [9.17, 15) is 20.1 Å². The molecule has 120 valence electrons. The van der Waals surface area contributed by atoms with Gasteiger partial charge in [0.1, 0.15) is 5.78 Å². The van der Waals surface area contributed by atoms with Gasteiger partial charge in [-0.25, -0.2) is 0 Å². The molecule has 1 saturated carbocycles. The molecule has 4 N–H and O–H groups in total. The number of carbonyl (C=O) groups is 1. The van der Waals surface area contributed by atoms with Gasteiger partial charge in [-0.15, -0.1) is 0 Å². The van der Waals surface area contributed by atoms with E-state index in [0.29, 0.717) is 6.42 Å². The molecule has 0 aromatic carbocycles. The first-order valence-electron chi connectivity index (χ1n) is 7.51. The van der Waals surface area contributed by atoms with Crippen LogP contribution in [0.4, 0.5) is 0 Å². The molecule has 0 saturated heterocycles. The highest BCUT2D eigenvalue weighted by Crippen LogP contribution is 2.54. The van der Waals surface area contributed by atoms with Gasteiger partial charge in [0.2, 0.25) is 0 Å². The number of aliphatic hydroxyl groups excluding tert-OH is 2. The van der Waals surface area contributed by atoms with Crippen LogP contribution in [-0.2, 0) is 4.79 Å². The maximum atomic E-state index is 12.6. The molecule has 0 radical (unpaired) electrons. The lowest BCUT2D eigenvalue weighted by atomic mass is 9.51. The number of Topliss-reactive ketones (excluding diaryl/α,β-unsaturated/α-hetero) is 1. The van der Waals surface area contributed by atoms with Gasteiger partial charge in [-0.05, 0) is 33.1 Å². The third kappa shape index (κ3) is 2.57. The summed E-state index contributed by atoms with van der Waals surface area (Å²) in [5.74, 6) is -0.886. The van der Waals surface area contributed by atoms with Gasteiger partial charge < -0.3 is 20.4 Å². The van der Waals surface area contributed by atoms with Crippen LogP contribution in [0, 0.1) is 17.3 Å². The van der Waals surface area contributed by atoms with Crippen molar-refractivity contribution in [2.24, 2.45) is 17.3 Å². The zero-order valence-electron chi connectivity index (χ0n) is 12.9. The summed E-state index contributed by atoms with van der Waals surface area (Å²) >= 11 is 0. The van der Waals surface area contributed by atoms with Gasteiger partial charge in [0, 0.05) is 25.4 Å². The van der Waals surface area contributed by atoms with Crippen molar-refractivity contribution in [3.05, 3.63) is 12.2 Å². The second-order valence-electron chi connectivity index (χ2n) is 7.27. The Hall–Kier alpha value is -0.750. The first-order valence-corrected chi connectivity index (χ1v) is 7.51. The molecule has 0 aromatic heterocycles. The molecule has 2 rings (SSSR count). The molecule has 0 amide bonds. The molecule has 2 aliphatic carbocycles. The van der Waals surface area contributed by atoms with Crippen LogP contribution >= 0.6 is 0 Å². The minimum atomic E-state index is -1.38. The number of aliphatic hydroxyl groups is 4. The van der Waals surface area contributed by atoms with E-state index in [4.69, 9.17) is 5.11 Å². The van der Waals surface area contributed by atoms with Crippen LogP contribution in [0.2, 0.25) is 0 Å². The van der Waals surface area contributed by atoms with Gasteiger partial charge in [-0.2, -0.15) is 0 Å². The Kier molecular flexibility index (Phi) is 4.08. The van der Waals surface area contributed by atoms with Crippen molar-refractivity contribution in [2.75, 3.05) is 6.61 Å². The van der Waals surface area contributed by atoms with Crippen molar-refractivity contribution in [2.45, 2.75) is 57.3 Å². The Morgan fingerprint density at radius 2 is 1.86 bits per heavy atom. The Morgan fingerprint density at radius 1 is 1.24 bits per heavy atom. The standard InChI is InChI=1S/C16H26O5/c1-14(20)8-10-4-6-15(2,21)16(3,12(19)5-7-17)13(10)11(18)9-14/h4,6,10-11,13,17-18,20-21H,5,7-9H2,1-3H3/t10-,11-,13+,14+,15-,16+/m1/s1. The lowest BCUT2D eigenvalue weighted by Gasteiger charge is -2.56. The molecule has 0 spiro atoms. The molecule has 21 heavy (non-hydrogen) atoms. The Balaban J connectivity index is 2.47. The van der Waals surface area contributed by atoms with Crippen molar-refractivity contribution >= 4 is 5.78 Å². The second kappa shape index (κ2) is 5.16. The minimum Gasteiger partial charge on any atom is -0.396 e. The topological polar surface area (TPSA) is 98.0 Å². The number of hydrogen-bond acceptors (Lipinski definition) is 5. The Bertz CT molecular complexity index is 454. The van der Waals surface area contributed by atoms with Gasteiger partial charge in [0.15, 0.2) is 0 Å². The predicted octanol–water partition coefficient (Wildman–Crippen LogP) is 0.403. The molecule has 5 heteroatoms. The third-order valence-electron chi connectivity index (χ3n) is 5.50. The van der Waals surface area contributed by atoms with Crippen molar-refractivity contribution in [1.82, 2.24) is 0 Å². The summed E-state index contributed by atoms with van der Waals surface area (Å²) in [7, 11) is 0. The van der Waals surface area contributed by atoms with E-state index in [1.807, 2.05) is 0 Å². The third-order valence-corrected chi connectivity index (χ3v) is 5.50. The summed E-state index contributed by atoms with van der Waals surface area (Å²) in [4.78, 5) is 12.6. The van der Waals surface area contributed by atoms with E-state index in [1.165, 1.54) is 0 Å². The summed E-state index contributed by atoms with van der Waals surface area (Å²) in [6.07, 6.45) is 3.10. The van der Waals surface area contributed by atoms with Gasteiger partial charge in [0.25, 0.3) is 0 Å². The average molecular weight is 298 g/mol. The second-order valence-corrected chi connectivity index (χ2v) is 7.27. The Morgan fingerprint density at radius 3 is 2.43 bits per heavy atom. The van der Waals surface area contributed by atoms with Crippen LogP contribution in [0.25, 0.3) is 0 Å². The number of fused-ring (bicyclic) bond motifs is 1. The number of carbonyl (C=O) groups excluding carboxylic acids is 1. The van der Waals surface area contributed by atoms with Gasteiger partial charge in [0.05, 0.1) is 22.7 Å². The smallest absolute Gasteiger partial charge is 0.144 e. The van der Waals surface area contributed by atoms with Gasteiger partial charge >= 0.3 is 0 Å². The summed E-state index contributed by atoms with van der Waals surface area (Å²) in [6, 6.07) is 0. The summed E-state index contributed by atoms with van der Waals surface area (Å²) in [6.45, 7) is 4.63. The van der Waals surface area contributed by atoms with Crippen molar-refractivity contribution in [1.29, 1.82) is 0 Å². The normalized spacial score (nSPS) is 49.8. The van der Waals surface area contributed by atoms with Gasteiger partial charge in [-0.1, -0.05) is 12.2 Å². The van der Waals surface area contributed by atoms with Crippen LogP contribution in [-0.4, -0.2) is 50.1 Å². The van der Waals surface area contributed by atoms with Gasteiger partial charge in [-0.3, -0.25) is 4.79 Å². The van der Waals surface area contributed by atoms with Crippen molar-refractivity contribution < 1.29 is 25.2 Å². The van der Waals surface area contributed by atoms with Crippen LogP contribution in [0.3, 0.4) is 0 Å². The maximum Gasteiger partial charge on any atom is 0.144 e. The highest BCUT2D eigenvalue weighted by molar-refractivity contribution is 5.87. The van der Waals surface area contributed by atoms with Crippen LogP contribution < -0.4 is 0 Å². The molecule has 2 aliphatic rings. The SMILES string of the molecule is C[C@@]1(O)C[C@@H](O)[C@@H]2[C@H](C=C[C@@](C)(O)[C@@]2(C)C(=O)CCO)C1. The van der Waals surface area contributed by atoms with E-state index in [-0.39, 0.29) is 31.1 Å². The zero-order valence-corrected chi connectivity index (χ0v) is 12.9. The fourth-order valence-electron chi connectivity index (χ4n) is 4.23. The quantitative estimate of drug-likeness (QED) is 0.566. The highest BCUT2D eigenvalue weighted by atomic mass is 16.3. The monoisotopic (exact) mass is 298 g/mol. The van der Waals surface area contributed by atoms with E-state index in [1.54, 1.807) is 32.9 Å². The molecule has 6 atom stereocenters. The summed E-state index contributed by atoms with van der Waals surface area (Å²) < 4.78 is 0.